The summed E-state index contributed by atoms with van der Waals surface area (Å²) in [4.78, 5) is 10.4. The summed E-state index contributed by atoms with van der Waals surface area (Å²) < 4.78 is 0. The second-order valence-electron chi connectivity index (χ2n) is 3.57. The van der Waals surface area contributed by atoms with Crippen LogP contribution in [0.2, 0.25) is 0 Å². The van der Waals surface area contributed by atoms with Crippen LogP contribution in [0, 0.1) is 6.92 Å². The van der Waals surface area contributed by atoms with Gasteiger partial charge in [0, 0.05) is 6.42 Å². The Morgan fingerprint density at radius 3 is 2.50 bits per heavy atom. The lowest BCUT2D eigenvalue weighted by molar-refractivity contribution is -0.136. The first-order valence-electron chi connectivity index (χ1n) is 4.93. The van der Waals surface area contributed by atoms with Gasteiger partial charge in [0.15, 0.2) is 0 Å². The summed E-state index contributed by atoms with van der Waals surface area (Å²) in [6.07, 6.45) is 1.85. The molecule has 2 nitrogen and oxygen atoms in total. The fraction of sp³-hybridized carbons (Fsp3) is 0.417. The lowest BCUT2D eigenvalue weighted by Gasteiger charge is -2.04. The molecule has 0 unspecified atom stereocenters. The number of aliphatic carboxylic acids is 1. The van der Waals surface area contributed by atoms with E-state index in [1.54, 1.807) is 0 Å². The van der Waals surface area contributed by atoms with E-state index in [0.717, 1.165) is 12.0 Å². The molecule has 0 spiro atoms. The van der Waals surface area contributed by atoms with Crippen molar-refractivity contribution in [3.63, 3.8) is 0 Å². The maximum atomic E-state index is 10.4. The van der Waals surface area contributed by atoms with E-state index in [-0.39, 0.29) is 6.42 Å². The molecule has 0 heterocycles. The molecule has 1 aromatic rings. The second kappa shape index (κ2) is 4.80. The van der Waals surface area contributed by atoms with Gasteiger partial charge >= 0.3 is 5.97 Å². The Balaban J connectivity index is 2.76. The Hall–Kier alpha value is -1.31. The number of carboxylic acid groups (broad SMARTS) is 1. The van der Waals surface area contributed by atoms with Crippen molar-refractivity contribution in [3.8, 4) is 0 Å². The first kappa shape index (κ1) is 10.8. The SMILES string of the molecule is CCc1cc(C)cc(CCC(=O)O)c1. The van der Waals surface area contributed by atoms with Gasteiger partial charge in [0.2, 0.25) is 0 Å². The average Bonchev–Trinajstić information content (AvgIpc) is 2.14. The van der Waals surface area contributed by atoms with E-state index in [1.807, 2.05) is 6.92 Å². The molecule has 14 heavy (non-hydrogen) atoms. The molecule has 2 heteroatoms. The Morgan fingerprint density at radius 1 is 1.29 bits per heavy atom. The fourth-order valence-corrected chi connectivity index (χ4v) is 1.55. The van der Waals surface area contributed by atoms with Gasteiger partial charge in [-0.25, -0.2) is 0 Å². The van der Waals surface area contributed by atoms with Crippen LogP contribution in [0.15, 0.2) is 18.2 Å². The summed E-state index contributed by atoms with van der Waals surface area (Å²) in [6, 6.07) is 6.29. The number of hydrogen-bond acceptors (Lipinski definition) is 1. The van der Waals surface area contributed by atoms with Crippen LogP contribution in [0.4, 0.5) is 0 Å². The van der Waals surface area contributed by atoms with Gasteiger partial charge in [-0.05, 0) is 30.9 Å². The molecule has 0 saturated heterocycles. The van der Waals surface area contributed by atoms with Gasteiger partial charge in [0.25, 0.3) is 0 Å². The van der Waals surface area contributed by atoms with Crippen molar-refractivity contribution in [1.29, 1.82) is 0 Å². The van der Waals surface area contributed by atoms with Gasteiger partial charge in [0.05, 0.1) is 0 Å². The highest BCUT2D eigenvalue weighted by Gasteiger charge is 2.01. The quantitative estimate of drug-likeness (QED) is 0.796. The van der Waals surface area contributed by atoms with E-state index in [4.69, 9.17) is 5.11 Å². The summed E-state index contributed by atoms with van der Waals surface area (Å²) in [5.74, 6) is -0.732. The molecule has 0 aliphatic rings. The van der Waals surface area contributed by atoms with E-state index < -0.39 is 5.97 Å². The van der Waals surface area contributed by atoms with E-state index in [0.29, 0.717) is 6.42 Å². The van der Waals surface area contributed by atoms with Crippen LogP contribution in [0.5, 0.6) is 0 Å². The van der Waals surface area contributed by atoms with Crippen LogP contribution in [0.1, 0.15) is 30.0 Å². The molecular formula is C12H16O2. The van der Waals surface area contributed by atoms with E-state index in [1.165, 1.54) is 11.1 Å². The van der Waals surface area contributed by atoms with Gasteiger partial charge < -0.3 is 5.11 Å². The molecule has 76 valence electrons. The Labute approximate surface area is 84.6 Å². The monoisotopic (exact) mass is 192 g/mol. The number of carboxylic acids is 1. The second-order valence-corrected chi connectivity index (χ2v) is 3.57. The third-order valence-electron chi connectivity index (χ3n) is 2.23. The zero-order valence-electron chi connectivity index (χ0n) is 8.71. The molecule has 1 aromatic carbocycles. The van der Waals surface area contributed by atoms with Crippen LogP contribution >= 0.6 is 0 Å². The molecule has 0 atom stereocenters. The van der Waals surface area contributed by atoms with Gasteiger partial charge in [-0.3, -0.25) is 4.79 Å². The van der Waals surface area contributed by atoms with Crippen molar-refractivity contribution in [3.05, 3.63) is 34.9 Å². The van der Waals surface area contributed by atoms with E-state index >= 15 is 0 Å². The number of benzene rings is 1. The van der Waals surface area contributed by atoms with Crippen molar-refractivity contribution in [2.45, 2.75) is 33.1 Å². The predicted octanol–water partition coefficient (Wildman–Crippen LogP) is 2.57. The third kappa shape index (κ3) is 3.21. The largest absolute Gasteiger partial charge is 0.481 e. The standard InChI is InChI=1S/C12H16O2/c1-3-10-6-9(2)7-11(8-10)4-5-12(13)14/h6-8H,3-5H2,1-2H3,(H,13,14). The highest BCUT2D eigenvalue weighted by atomic mass is 16.4. The van der Waals surface area contributed by atoms with Crippen LogP contribution in [-0.4, -0.2) is 11.1 Å². The van der Waals surface area contributed by atoms with Gasteiger partial charge in [-0.2, -0.15) is 0 Å². The highest BCUT2D eigenvalue weighted by Crippen LogP contribution is 2.12. The maximum Gasteiger partial charge on any atom is 0.303 e. The van der Waals surface area contributed by atoms with Crippen LogP contribution in [0.3, 0.4) is 0 Å². The summed E-state index contributed by atoms with van der Waals surface area (Å²) in [5, 5.41) is 8.57. The zero-order chi connectivity index (χ0) is 10.6. The van der Waals surface area contributed by atoms with E-state index in [2.05, 4.69) is 25.1 Å². The Kier molecular flexibility index (Phi) is 3.69. The molecule has 0 bridgehead atoms. The normalized spacial score (nSPS) is 10.1. The molecule has 0 radical (unpaired) electrons. The van der Waals surface area contributed by atoms with Crippen molar-refractivity contribution in [2.75, 3.05) is 0 Å². The van der Waals surface area contributed by atoms with Gasteiger partial charge in [0.1, 0.15) is 0 Å². The lowest BCUT2D eigenvalue weighted by atomic mass is 10.0. The minimum atomic E-state index is -0.732. The third-order valence-corrected chi connectivity index (χ3v) is 2.23. The molecule has 0 aromatic heterocycles. The summed E-state index contributed by atoms with van der Waals surface area (Å²) in [5.41, 5.74) is 3.62. The van der Waals surface area contributed by atoms with Crippen LogP contribution in [-0.2, 0) is 17.6 Å². The molecule has 1 rings (SSSR count). The minimum absolute atomic E-state index is 0.215. The van der Waals surface area contributed by atoms with Gasteiger partial charge in [-0.1, -0.05) is 30.7 Å². The molecular weight excluding hydrogens is 176 g/mol. The first-order valence-corrected chi connectivity index (χ1v) is 4.93. The summed E-state index contributed by atoms with van der Waals surface area (Å²) in [7, 11) is 0. The average molecular weight is 192 g/mol. The number of rotatable bonds is 4. The summed E-state index contributed by atoms with van der Waals surface area (Å²) in [6.45, 7) is 4.15. The van der Waals surface area contributed by atoms with Crippen LogP contribution in [0.25, 0.3) is 0 Å². The Bertz CT molecular complexity index is 329. The molecule has 1 N–H and O–H groups in total. The lowest BCUT2D eigenvalue weighted by Crippen LogP contribution is -1.98. The van der Waals surface area contributed by atoms with Crippen molar-refractivity contribution in [2.24, 2.45) is 0 Å². The smallest absolute Gasteiger partial charge is 0.303 e. The number of carbonyl (C=O) groups is 1. The first-order chi connectivity index (χ1) is 6.61. The van der Waals surface area contributed by atoms with Crippen molar-refractivity contribution < 1.29 is 9.90 Å². The topological polar surface area (TPSA) is 37.3 Å². The zero-order valence-corrected chi connectivity index (χ0v) is 8.71. The Morgan fingerprint density at radius 2 is 1.93 bits per heavy atom. The molecule has 0 aliphatic carbocycles. The van der Waals surface area contributed by atoms with Gasteiger partial charge in [-0.15, -0.1) is 0 Å². The van der Waals surface area contributed by atoms with Crippen LogP contribution < -0.4 is 0 Å². The maximum absolute atomic E-state index is 10.4. The number of hydrogen-bond donors (Lipinski definition) is 1. The molecule has 0 fully saturated rings. The number of aryl methyl sites for hydroxylation is 3. The van der Waals surface area contributed by atoms with Crippen molar-refractivity contribution in [1.82, 2.24) is 0 Å². The van der Waals surface area contributed by atoms with Crippen molar-refractivity contribution >= 4 is 5.97 Å². The van der Waals surface area contributed by atoms with E-state index in [9.17, 15) is 4.79 Å². The molecule has 0 amide bonds. The fourth-order valence-electron chi connectivity index (χ4n) is 1.55. The predicted molar refractivity (Wildman–Crippen MR) is 56.5 cm³/mol. The minimum Gasteiger partial charge on any atom is -0.481 e. The molecule has 0 saturated carbocycles. The summed E-state index contributed by atoms with van der Waals surface area (Å²) >= 11 is 0. The highest BCUT2D eigenvalue weighted by molar-refractivity contribution is 5.67. The molecule has 0 aliphatic heterocycles.